The molecule has 1 heterocycles. The van der Waals surface area contributed by atoms with Crippen LogP contribution in [0.25, 0.3) is 10.9 Å². The Labute approximate surface area is 93.9 Å². The Balaban J connectivity index is 2.56. The molecule has 0 aliphatic rings. The molecule has 1 aromatic heterocycles. The van der Waals surface area contributed by atoms with Crippen molar-refractivity contribution in [2.24, 2.45) is 0 Å². The summed E-state index contributed by atoms with van der Waals surface area (Å²) in [6.07, 6.45) is 2.56. The van der Waals surface area contributed by atoms with Crippen LogP contribution in [0.1, 0.15) is 15.9 Å². The Morgan fingerprint density at radius 3 is 3.12 bits per heavy atom. The van der Waals surface area contributed by atoms with Gasteiger partial charge in [0.25, 0.3) is 0 Å². The summed E-state index contributed by atoms with van der Waals surface area (Å²) in [7, 11) is 1.85. The average molecular weight is 212 g/mol. The molecule has 0 aliphatic heterocycles. The summed E-state index contributed by atoms with van der Waals surface area (Å²) in [6, 6.07) is 5.79. The molecule has 0 saturated heterocycles. The smallest absolute Gasteiger partial charge is 0.152 e. The molecule has 80 valence electrons. The summed E-state index contributed by atoms with van der Waals surface area (Å²) in [5.74, 6) is 6.05. The van der Waals surface area contributed by atoms with Crippen molar-refractivity contribution < 1.29 is 4.79 Å². The number of carbonyl (C=O) groups is 1. The van der Waals surface area contributed by atoms with Crippen molar-refractivity contribution >= 4 is 17.2 Å². The molecular weight excluding hydrogens is 200 g/mol. The Hall–Kier alpha value is -2.05. The summed E-state index contributed by atoms with van der Waals surface area (Å²) >= 11 is 0. The van der Waals surface area contributed by atoms with Gasteiger partial charge in [0.1, 0.15) is 0 Å². The number of fused-ring (bicyclic) bond motifs is 1. The lowest BCUT2D eigenvalue weighted by atomic mass is 10.1. The molecule has 0 atom stereocenters. The zero-order valence-corrected chi connectivity index (χ0v) is 9.00. The van der Waals surface area contributed by atoms with E-state index >= 15 is 0 Å². The molecule has 2 rings (SSSR count). The van der Waals surface area contributed by atoms with Crippen molar-refractivity contribution in [2.75, 3.05) is 13.6 Å². The summed E-state index contributed by atoms with van der Waals surface area (Å²) in [6.45, 7) is 0.636. The average Bonchev–Trinajstić information content (AvgIpc) is 2.73. The van der Waals surface area contributed by atoms with E-state index in [1.807, 2.05) is 25.2 Å². The van der Waals surface area contributed by atoms with Gasteiger partial charge in [0, 0.05) is 28.2 Å². The van der Waals surface area contributed by atoms with Gasteiger partial charge in [-0.05, 0) is 19.2 Å². The van der Waals surface area contributed by atoms with Crippen molar-refractivity contribution in [3.63, 3.8) is 0 Å². The van der Waals surface area contributed by atoms with Crippen molar-refractivity contribution in [1.29, 1.82) is 0 Å². The molecule has 0 saturated carbocycles. The van der Waals surface area contributed by atoms with E-state index in [4.69, 9.17) is 0 Å². The quantitative estimate of drug-likeness (QED) is 0.586. The van der Waals surface area contributed by atoms with Gasteiger partial charge < -0.3 is 10.3 Å². The zero-order chi connectivity index (χ0) is 11.4. The molecule has 2 N–H and O–H groups in total. The summed E-state index contributed by atoms with van der Waals surface area (Å²) in [5, 5.41) is 3.86. The third-order valence-corrected chi connectivity index (χ3v) is 2.35. The van der Waals surface area contributed by atoms with Gasteiger partial charge in [-0.25, -0.2) is 0 Å². The van der Waals surface area contributed by atoms with Gasteiger partial charge in [0.15, 0.2) is 6.29 Å². The predicted octanol–water partition coefficient (Wildman–Crippen LogP) is 1.55. The molecule has 3 nitrogen and oxygen atoms in total. The lowest BCUT2D eigenvalue weighted by molar-refractivity contribution is 0.112. The number of aldehydes is 1. The van der Waals surface area contributed by atoms with E-state index in [9.17, 15) is 4.79 Å². The van der Waals surface area contributed by atoms with Gasteiger partial charge in [-0.15, -0.1) is 0 Å². The normalized spacial score (nSPS) is 9.81. The number of rotatable bonds is 2. The van der Waals surface area contributed by atoms with Gasteiger partial charge in [-0.2, -0.15) is 0 Å². The highest BCUT2D eigenvalue weighted by molar-refractivity contribution is 6.00. The van der Waals surface area contributed by atoms with Crippen LogP contribution in [0.3, 0.4) is 0 Å². The number of aromatic amines is 1. The molecule has 0 radical (unpaired) electrons. The lowest BCUT2D eigenvalue weighted by Gasteiger charge is -1.95. The van der Waals surface area contributed by atoms with E-state index < -0.39 is 0 Å². The molecule has 2 aromatic rings. The van der Waals surface area contributed by atoms with E-state index in [0.29, 0.717) is 12.1 Å². The molecule has 0 fully saturated rings. The highest BCUT2D eigenvalue weighted by Crippen LogP contribution is 2.20. The van der Waals surface area contributed by atoms with Gasteiger partial charge in [0.2, 0.25) is 0 Å². The number of carbonyl (C=O) groups excluding carboxylic acids is 1. The third kappa shape index (κ3) is 1.83. The number of hydrogen-bond acceptors (Lipinski definition) is 2. The number of hydrogen-bond donors (Lipinski definition) is 2. The predicted molar refractivity (Wildman–Crippen MR) is 64.5 cm³/mol. The lowest BCUT2D eigenvalue weighted by Crippen LogP contribution is -2.04. The van der Waals surface area contributed by atoms with Crippen molar-refractivity contribution in [3.05, 3.63) is 35.5 Å². The summed E-state index contributed by atoms with van der Waals surface area (Å²) < 4.78 is 0. The molecule has 0 aliphatic carbocycles. The van der Waals surface area contributed by atoms with Crippen LogP contribution >= 0.6 is 0 Å². The highest BCUT2D eigenvalue weighted by Gasteiger charge is 2.05. The maximum absolute atomic E-state index is 10.9. The van der Waals surface area contributed by atoms with E-state index in [0.717, 1.165) is 22.8 Å². The fourth-order valence-corrected chi connectivity index (χ4v) is 1.64. The Kier molecular flexibility index (Phi) is 3.04. The van der Waals surface area contributed by atoms with Crippen LogP contribution < -0.4 is 5.32 Å². The van der Waals surface area contributed by atoms with Crippen LogP contribution in [0.4, 0.5) is 0 Å². The molecular formula is C13H12N2O. The highest BCUT2D eigenvalue weighted by atomic mass is 16.1. The maximum Gasteiger partial charge on any atom is 0.152 e. The molecule has 0 spiro atoms. The van der Waals surface area contributed by atoms with Gasteiger partial charge in [-0.1, -0.05) is 17.9 Å². The number of nitrogens with one attached hydrogen (secondary N) is 2. The minimum absolute atomic E-state index is 0.636. The first-order chi connectivity index (χ1) is 7.86. The van der Waals surface area contributed by atoms with Crippen LogP contribution in [0, 0.1) is 11.8 Å². The number of benzene rings is 1. The van der Waals surface area contributed by atoms with Crippen LogP contribution in [-0.4, -0.2) is 24.9 Å². The number of H-pyrrole nitrogens is 1. The third-order valence-electron chi connectivity index (χ3n) is 2.35. The molecule has 0 unspecified atom stereocenters. The fourth-order valence-electron chi connectivity index (χ4n) is 1.64. The molecule has 1 aromatic carbocycles. The first-order valence-electron chi connectivity index (χ1n) is 5.05. The molecule has 0 amide bonds. The summed E-state index contributed by atoms with van der Waals surface area (Å²) in [4.78, 5) is 13.9. The Bertz CT molecular complexity index is 572. The van der Waals surface area contributed by atoms with E-state index in [2.05, 4.69) is 22.1 Å². The van der Waals surface area contributed by atoms with Crippen LogP contribution in [-0.2, 0) is 0 Å². The molecule has 0 bridgehead atoms. The Morgan fingerprint density at radius 2 is 2.38 bits per heavy atom. The fraction of sp³-hybridized carbons (Fsp3) is 0.154. The van der Waals surface area contributed by atoms with Crippen LogP contribution in [0.15, 0.2) is 24.4 Å². The van der Waals surface area contributed by atoms with Crippen molar-refractivity contribution in [2.45, 2.75) is 0 Å². The van der Waals surface area contributed by atoms with E-state index in [-0.39, 0.29) is 0 Å². The van der Waals surface area contributed by atoms with Crippen LogP contribution in [0.5, 0.6) is 0 Å². The first kappa shape index (κ1) is 10.5. The second-order valence-electron chi connectivity index (χ2n) is 3.42. The monoisotopic (exact) mass is 212 g/mol. The minimum Gasteiger partial charge on any atom is -0.360 e. The SMILES string of the molecule is CNCC#Cc1cccc2[nH]cc(C=O)c12. The second kappa shape index (κ2) is 4.65. The van der Waals surface area contributed by atoms with E-state index in [1.54, 1.807) is 6.20 Å². The zero-order valence-electron chi connectivity index (χ0n) is 9.00. The summed E-state index contributed by atoms with van der Waals surface area (Å²) in [5.41, 5.74) is 2.49. The van der Waals surface area contributed by atoms with E-state index in [1.165, 1.54) is 0 Å². The standard InChI is InChI=1S/C13H12N2O/c1-14-7-3-5-10-4-2-6-12-13(10)11(9-16)8-15-12/h2,4,6,8-9,14-15H,7H2,1H3. The second-order valence-corrected chi connectivity index (χ2v) is 3.42. The largest absolute Gasteiger partial charge is 0.360 e. The van der Waals surface area contributed by atoms with Gasteiger partial charge in [0.05, 0.1) is 6.54 Å². The van der Waals surface area contributed by atoms with Crippen LogP contribution in [0.2, 0.25) is 0 Å². The van der Waals surface area contributed by atoms with Crippen molar-refractivity contribution in [3.8, 4) is 11.8 Å². The maximum atomic E-state index is 10.9. The molecule has 16 heavy (non-hydrogen) atoms. The Morgan fingerprint density at radius 1 is 1.50 bits per heavy atom. The van der Waals surface area contributed by atoms with Gasteiger partial charge >= 0.3 is 0 Å². The topological polar surface area (TPSA) is 44.9 Å². The van der Waals surface area contributed by atoms with Gasteiger partial charge in [-0.3, -0.25) is 4.79 Å². The molecule has 3 heteroatoms. The first-order valence-corrected chi connectivity index (χ1v) is 5.05. The van der Waals surface area contributed by atoms with Crippen molar-refractivity contribution in [1.82, 2.24) is 10.3 Å². The minimum atomic E-state index is 0.636. The number of aromatic nitrogens is 1.